The SMILES string of the molecule is O=c1oc2ccccc2cc1C1=Nc2ccccc2S[C@@H](c2cccs2)C1. The van der Waals surface area contributed by atoms with E-state index < -0.39 is 0 Å². The largest absolute Gasteiger partial charge is 0.422 e. The molecule has 0 aliphatic carbocycles. The number of aliphatic imine (C=N–C) groups is 1. The summed E-state index contributed by atoms with van der Waals surface area (Å²) in [5, 5.41) is 3.22. The predicted octanol–water partition coefficient (Wildman–Crippen LogP) is 6.21. The van der Waals surface area contributed by atoms with Gasteiger partial charge in [0.15, 0.2) is 0 Å². The van der Waals surface area contributed by atoms with Crippen LogP contribution in [-0.4, -0.2) is 5.71 Å². The van der Waals surface area contributed by atoms with Gasteiger partial charge in [-0.2, -0.15) is 0 Å². The van der Waals surface area contributed by atoms with Gasteiger partial charge in [0, 0.05) is 26.8 Å². The second-order valence-electron chi connectivity index (χ2n) is 6.34. The Hall–Kier alpha value is -2.63. The van der Waals surface area contributed by atoms with Crippen LogP contribution in [0.2, 0.25) is 0 Å². The van der Waals surface area contributed by atoms with E-state index in [1.165, 1.54) is 4.88 Å². The number of nitrogens with zero attached hydrogens (tertiary/aromatic N) is 1. The molecular formula is C22H15NO2S2. The Morgan fingerprint density at radius 3 is 2.74 bits per heavy atom. The summed E-state index contributed by atoms with van der Waals surface area (Å²) >= 11 is 3.55. The Bertz CT molecular complexity index is 1210. The molecule has 0 radical (unpaired) electrons. The summed E-state index contributed by atoms with van der Waals surface area (Å²) in [5.74, 6) is 0. The topological polar surface area (TPSA) is 42.6 Å². The molecule has 3 nitrogen and oxygen atoms in total. The minimum atomic E-state index is -0.332. The molecule has 0 bridgehead atoms. The van der Waals surface area contributed by atoms with Gasteiger partial charge in [-0.3, -0.25) is 4.99 Å². The highest BCUT2D eigenvalue weighted by atomic mass is 32.2. The van der Waals surface area contributed by atoms with Crippen molar-refractivity contribution in [1.29, 1.82) is 0 Å². The van der Waals surface area contributed by atoms with Gasteiger partial charge >= 0.3 is 5.63 Å². The minimum Gasteiger partial charge on any atom is -0.422 e. The van der Waals surface area contributed by atoms with E-state index in [-0.39, 0.29) is 10.9 Å². The zero-order chi connectivity index (χ0) is 18.2. The number of rotatable bonds is 2. The van der Waals surface area contributed by atoms with E-state index >= 15 is 0 Å². The van der Waals surface area contributed by atoms with Gasteiger partial charge in [0.05, 0.1) is 17.0 Å². The van der Waals surface area contributed by atoms with Crippen molar-refractivity contribution < 1.29 is 4.42 Å². The third-order valence-electron chi connectivity index (χ3n) is 4.58. The van der Waals surface area contributed by atoms with Crippen molar-refractivity contribution in [3.05, 3.63) is 93.0 Å². The lowest BCUT2D eigenvalue weighted by Gasteiger charge is -2.13. The van der Waals surface area contributed by atoms with Gasteiger partial charge in [0.2, 0.25) is 0 Å². The molecule has 1 aliphatic heterocycles. The fourth-order valence-corrected chi connectivity index (χ4v) is 5.43. The second-order valence-corrected chi connectivity index (χ2v) is 8.56. The maximum absolute atomic E-state index is 12.7. The third kappa shape index (κ3) is 3.13. The molecule has 2 aromatic heterocycles. The normalized spacial score (nSPS) is 16.6. The highest BCUT2D eigenvalue weighted by Gasteiger charge is 2.25. The van der Waals surface area contributed by atoms with Crippen LogP contribution in [0.1, 0.15) is 22.1 Å². The summed E-state index contributed by atoms with van der Waals surface area (Å²) in [5.41, 5.74) is 2.51. The van der Waals surface area contributed by atoms with Gasteiger partial charge in [-0.05, 0) is 35.7 Å². The molecule has 5 rings (SSSR count). The lowest BCUT2D eigenvalue weighted by molar-refractivity contribution is 0.559. The molecule has 0 saturated heterocycles. The van der Waals surface area contributed by atoms with Gasteiger partial charge in [-0.25, -0.2) is 4.79 Å². The highest BCUT2D eigenvalue weighted by Crippen LogP contribution is 2.46. The summed E-state index contributed by atoms with van der Waals surface area (Å²) in [4.78, 5) is 20.0. The third-order valence-corrected chi connectivity index (χ3v) is 7.02. The number of benzene rings is 2. The zero-order valence-electron chi connectivity index (χ0n) is 14.3. The van der Waals surface area contributed by atoms with Crippen LogP contribution in [0.15, 0.2) is 91.2 Å². The van der Waals surface area contributed by atoms with E-state index in [9.17, 15) is 4.79 Å². The van der Waals surface area contributed by atoms with Crippen molar-refractivity contribution in [3.8, 4) is 0 Å². The van der Waals surface area contributed by atoms with Gasteiger partial charge < -0.3 is 4.42 Å². The van der Waals surface area contributed by atoms with Gasteiger partial charge in [0.1, 0.15) is 5.58 Å². The molecule has 0 saturated carbocycles. The van der Waals surface area contributed by atoms with E-state index in [1.807, 2.05) is 48.5 Å². The van der Waals surface area contributed by atoms with E-state index in [2.05, 4.69) is 23.6 Å². The lowest BCUT2D eigenvalue weighted by atomic mass is 10.0. The van der Waals surface area contributed by atoms with Crippen LogP contribution in [0.4, 0.5) is 5.69 Å². The first-order valence-corrected chi connectivity index (χ1v) is 10.4. The molecule has 132 valence electrons. The van der Waals surface area contributed by atoms with Gasteiger partial charge in [-0.1, -0.05) is 36.4 Å². The monoisotopic (exact) mass is 389 g/mol. The number of hydrogen-bond acceptors (Lipinski definition) is 5. The summed E-state index contributed by atoms with van der Waals surface area (Å²) in [6.07, 6.45) is 0.683. The Morgan fingerprint density at radius 2 is 1.85 bits per heavy atom. The molecule has 0 amide bonds. The van der Waals surface area contributed by atoms with Crippen molar-refractivity contribution in [2.45, 2.75) is 16.6 Å². The zero-order valence-corrected chi connectivity index (χ0v) is 15.9. The molecule has 1 atom stereocenters. The number of hydrogen-bond donors (Lipinski definition) is 0. The molecule has 0 N–H and O–H groups in total. The van der Waals surface area contributed by atoms with E-state index in [0.717, 1.165) is 21.7 Å². The fourth-order valence-electron chi connectivity index (χ4n) is 3.28. The first-order valence-electron chi connectivity index (χ1n) is 8.68. The van der Waals surface area contributed by atoms with Crippen LogP contribution >= 0.6 is 23.1 Å². The Kier molecular flexibility index (Phi) is 4.19. The molecule has 1 aliphatic rings. The Labute approximate surface area is 164 Å². The fraction of sp³-hybridized carbons (Fsp3) is 0.0909. The van der Waals surface area contributed by atoms with Crippen LogP contribution in [0.3, 0.4) is 0 Å². The molecule has 27 heavy (non-hydrogen) atoms. The molecular weight excluding hydrogens is 374 g/mol. The summed E-state index contributed by atoms with van der Waals surface area (Å²) < 4.78 is 5.56. The quantitative estimate of drug-likeness (QED) is 0.383. The summed E-state index contributed by atoms with van der Waals surface area (Å²) in [6, 6.07) is 21.8. The number of fused-ring (bicyclic) bond motifs is 2. The average molecular weight is 390 g/mol. The van der Waals surface area contributed by atoms with Crippen LogP contribution in [-0.2, 0) is 0 Å². The summed E-state index contributed by atoms with van der Waals surface area (Å²) in [6.45, 7) is 0. The van der Waals surface area contributed by atoms with Crippen LogP contribution in [0.5, 0.6) is 0 Å². The van der Waals surface area contributed by atoms with Crippen molar-refractivity contribution in [2.24, 2.45) is 4.99 Å². The Morgan fingerprint density at radius 1 is 1.00 bits per heavy atom. The smallest absolute Gasteiger partial charge is 0.345 e. The number of thiophene rings is 1. The Balaban J connectivity index is 1.69. The molecule has 0 unspecified atom stereocenters. The van der Waals surface area contributed by atoms with Crippen molar-refractivity contribution in [1.82, 2.24) is 0 Å². The first-order chi connectivity index (χ1) is 13.3. The van der Waals surface area contributed by atoms with Crippen LogP contribution in [0, 0.1) is 0 Å². The maximum Gasteiger partial charge on any atom is 0.345 e. The van der Waals surface area contributed by atoms with E-state index in [4.69, 9.17) is 9.41 Å². The van der Waals surface area contributed by atoms with Crippen molar-refractivity contribution in [3.63, 3.8) is 0 Å². The second kappa shape index (κ2) is 6.83. The lowest BCUT2D eigenvalue weighted by Crippen LogP contribution is -2.15. The molecule has 0 fully saturated rings. The summed E-state index contributed by atoms with van der Waals surface area (Å²) in [7, 11) is 0. The standard InChI is InChI=1S/C22H15NO2S2/c24-22-15(12-14-6-1-3-8-18(14)25-22)17-13-21(20-10-5-11-26-20)27-19-9-4-2-7-16(19)23-17/h1-12,21H,13H2/t21-/m1/s1. The van der Waals surface area contributed by atoms with E-state index in [0.29, 0.717) is 17.6 Å². The maximum atomic E-state index is 12.7. The van der Waals surface area contributed by atoms with Crippen molar-refractivity contribution >= 4 is 45.5 Å². The van der Waals surface area contributed by atoms with Crippen LogP contribution in [0.25, 0.3) is 11.0 Å². The number of thioether (sulfide) groups is 1. The highest BCUT2D eigenvalue weighted by molar-refractivity contribution is 7.99. The first kappa shape index (κ1) is 16.5. The van der Waals surface area contributed by atoms with Crippen molar-refractivity contribution in [2.75, 3.05) is 0 Å². The molecule has 0 spiro atoms. The molecule has 5 heteroatoms. The average Bonchev–Trinajstić information content (AvgIpc) is 3.15. The predicted molar refractivity (Wildman–Crippen MR) is 113 cm³/mol. The molecule has 4 aromatic rings. The van der Waals surface area contributed by atoms with Gasteiger partial charge in [0.25, 0.3) is 0 Å². The van der Waals surface area contributed by atoms with E-state index in [1.54, 1.807) is 23.1 Å². The molecule has 2 aromatic carbocycles. The van der Waals surface area contributed by atoms with Gasteiger partial charge in [-0.15, -0.1) is 23.1 Å². The molecule has 3 heterocycles. The number of para-hydroxylation sites is 2. The van der Waals surface area contributed by atoms with Crippen LogP contribution < -0.4 is 5.63 Å². The minimum absolute atomic E-state index is 0.221.